The summed E-state index contributed by atoms with van der Waals surface area (Å²) >= 11 is 1.73. The van der Waals surface area contributed by atoms with E-state index in [1.165, 1.54) is 4.88 Å². The van der Waals surface area contributed by atoms with Crippen molar-refractivity contribution in [2.75, 3.05) is 6.61 Å². The Morgan fingerprint density at radius 1 is 1.29 bits per heavy atom. The van der Waals surface area contributed by atoms with Gasteiger partial charge in [0.1, 0.15) is 5.60 Å². The van der Waals surface area contributed by atoms with E-state index in [2.05, 4.69) is 19.1 Å². The number of ether oxygens (including phenoxy) is 1. The molecule has 0 radical (unpaired) electrons. The van der Waals surface area contributed by atoms with Gasteiger partial charge in [0.25, 0.3) is 0 Å². The fourth-order valence-electron chi connectivity index (χ4n) is 1.75. The van der Waals surface area contributed by atoms with Crippen LogP contribution in [0.1, 0.15) is 43.9 Å². The summed E-state index contributed by atoms with van der Waals surface area (Å²) in [6.07, 6.45) is 2.26. The lowest BCUT2D eigenvalue weighted by atomic mass is 9.94. The van der Waals surface area contributed by atoms with Crippen LogP contribution >= 0.6 is 11.3 Å². The molecule has 1 rings (SSSR count). The average Bonchev–Trinajstić information content (AvgIpc) is 2.76. The van der Waals surface area contributed by atoms with Crippen LogP contribution < -0.4 is 0 Å². The van der Waals surface area contributed by atoms with Gasteiger partial charge in [-0.25, -0.2) is 0 Å². The molecule has 0 fully saturated rings. The van der Waals surface area contributed by atoms with E-state index in [9.17, 15) is 4.79 Å². The van der Waals surface area contributed by atoms with E-state index >= 15 is 0 Å². The first kappa shape index (κ1) is 14.4. The molecule has 0 aliphatic carbocycles. The largest absolute Gasteiger partial charge is 0.368 e. The summed E-state index contributed by atoms with van der Waals surface area (Å²) in [7, 11) is 0. The number of hydrogen-bond donors (Lipinski definition) is 0. The highest BCUT2D eigenvalue weighted by Crippen LogP contribution is 2.23. The molecular weight excluding hydrogens is 232 g/mol. The Kier molecular flexibility index (Phi) is 5.34. The minimum atomic E-state index is -0.620. The number of aryl methyl sites for hydroxylation is 1. The molecule has 1 unspecified atom stereocenters. The van der Waals surface area contributed by atoms with Gasteiger partial charge in [0.15, 0.2) is 5.78 Å². The standard InChI is InChI=1S/C14H22O2S/c1-5-11-8-9-12(17-11)10-13(15)14(4,6-2)16-7-3/h8-9H,5-7,10H2,1-4H3. The third-order valence-electron chi connectivity index (χ3n) is 3.13. The van der Waals surface area contributed by atoms with Crippen LogP contribution in [0.15, 0.2) is 12.1 Å². The highest BCUT2D eigenvalue weighted by molar-refractivity contribution is 7.12. The van der Waals surface area contributed by atoms with E-state index in [0.29, 0.717) is 13.0 Å². The second-order valence-electron chi connectivity index (χ2n) is 4.34. The summed E-state index contributed by atoms with van der Waals surface area (Å²) < 4.78 is 5.60. The van der Waals surface area contributed by atoms with E-state index in [4.69, 9.17) is 4.74 Å². The molecule has 0 aromatic carbocycles. The first-order valence-electron chi connectivity index (χ1n) is 6.30. The third-order valence-corrected chi connectivity index (χ3v) is 4.36. The number of thiophene rings is 1. The lowest BCUT2D eigenvalue weighted by Gasteiger charge is -2.26. The SMILES string of the molecule is CCOC(C)(CC)C(=O)Cc1ccc(CC)s1. The summed E-state index contributed by atoms with van der Waals surface area (Å²) in [5, 5.41) is 0. The molecule has 0 amide bonds. The number of ketones is 1. The maximum absolute atomic E-state index is 12.2. The van der Waals surface area contributed by atoms with Crippen LogP contribution in [0.25, 0.3) is 0 Å². The van der Waals surface area contributed by atoms with Crippen LogP contribution in [-0.4, -0.2) is 18.0 Å². The van der Waals surface area contributed by atoms with Crippen molar-refractivity contribution in [1.29, 1.82) is 0 Å². The molecule has 1 aromatic heterocycles. The maximum Gasteiger partial charge on any atom is 0.169 e. The molecule has 0 aliphatic rings. The van der Waals surface area contributed by atoms with E-state index in [1.807, 2.05) is 20.8 Å². The molecule has 3 heteroatoms. The molecule has 1 heterocycles. The minimum Gasteiger partial charge on any atom is -0.368 e. The van der Waals surface area contributed by atoms with Crippen molar-refractivity contribution in [3.05, 3.63) is 21.9 Å². The van der Waals surface area contributed by atoms with Gasteiger partial charge in [-0.2, -0.15) is 0 Å². The monoisotopic (exact) mass is 254 g/mol. The number of Topliss-reactive ketones (excluding diaryl/α,β-unsaturated/α-hetero) is 1. The lowest BCUT2D eigenvalue weighted by Crippen LogP contribution is -2.38. The summed E-state index contributed by atoms with van der Waals surface area (Å²) in [4.78, 5) is 14.7. The van der Waals surface area contributed by atoms with E-state index in [-0.39, 0.29) is 5.78 Å². The molecule has 0 spiro atoms. The van der Waals surface area contributed by atoms with E-state index in [1.54, 1.807) is 11.3 Å². The summed E-state index contributed by atoms with van der Waals surface area (Å²) in [5.74, 6) is 0.186. The average molecular weight is 254 g/mol. The highest BCUT2D eigenvalue weighted by Gasteiger charge is 2.31. The van der Waals surface area contributed by atoms with Crippen molar-refractivity contribution in [3.8, 4) is 0 Å². The third kappa shape index (κ3) is 3.65. The van der Waals surface area contributed by atoms with Gasteiger partial charge in [-0.15, -0.1) is 11.3 Å². The fraction of sp³-hybridized carbons (Fsp3) is 0.643. The van der Waals surface area contributed by atoms with Gasteiger partial charge >= 0.3 is 0 Å². The first-order chi connectivity index (χ1) is 8.05. The molecule has 1 aromatic rings. The van der Waals surface area contributed by atoms with Gasteiger partial charge in [-0.3, -0.25) is 4.79 Å². The Morgan fingerprint density at radius 3 is 2.41 bits per heavy atom. The van der Waals surface area contributed by atoms with Crippen LogP contribution in [0.3, 0.4) is 0 Å². The van der Waals surface area contributed by atoms with Crippen molar-refractivity contribution in [2.45, 2.75) is 52.6 Å². The molecule has 1 atom stereocenters. The van der Waals surface area contributed by atoms with Gasteiger partial charge < -0.3 is 4.74 Å². The molecule has 17 heavy (non-hydrogen) atoms. The molecule has 2 nitrogen and oxygen atoms in total. The molecule has 0 aliphatic heterocycles. The Morgan fingerprint density at radius 2 is 1.94 bits per heavy atom. The van der Waals surface area contributed by atoms with Gasteiger partial charge in [0, 0.05) is 22.8 Å². The maximum atomic E-state index is 12.2. The predicted octanol–water partition coefficient (Wildman–Crippen LogP) is 3.63. The zero-order valence-electron chi connectivity index (χ0n) is 11.2. The van der Waals surface area contributed by atoms with Gasteiger partial charge in [0.2, 0.25) is 0 Å². The topological polar surface area (TPSA) is 26.3 Å². The Labute approximate surface area is 108 Å². The van der Waals surface area contributed by atoms with Crippen molar-refractivity contribution >= 4 is 17.1 Å². The summed E-state index contributed by atoms with van der Waals surface area (Å²) in [6, 6.07) is 4.17. The molecular formula is C14H22O2S. The number of rotatable bonds is 7. The Balaban J connectivity index is 2.70. The van der Waals surface area contributed by atoms with Crippen LogP contribution in [0.5, 0.6) is 0 Å². The quantitative estimate of drug-likeness (QED) is 0.742. The van der Waals surface area contributed by atoms with Crippen molar-refractivity contribution < 1.29 is 9.53 Å². The predicted molar refractivity (Wildman–Crippen MR) is 72.7 cm³/mol. The zero-order chi connectivity index (χ0) is 12.9. The van der Waals surface area contributed by atoms with Crippen molar-refractivity contribution in [2.24, 2.45) is 0 Å². The minimum absolute atomic E-state index is 0.186. The van der Waals surface area contributed by atoms with E-state index < -0.39 is 5.60 Å². The van der Waals surface area contributed by atoms with E-state index in [0.717, 1.165) is 17.7 Å². The summed E-state index contributed by atoms with van der Waals surface area (Å²) in [6.45, 7) is 8.54. The number of carbonyl (C=O) groups excluding carboxylic acids is 1. The molecule has 0 saturated heterocycles. The van der Waals surface area contributed by atoms with Crippen molar-refractivity contribution in [3.63, 3.8) is 0 Å². The van der Waals surface area contributed by atoms with Crippen LogP contribution in [0.2, 0.25) is 0 Å². The Bertz CT molecular complexity index is 370. The highest BCUT2D eigenvalue weighted by atomic mass is 32.1. The second-order valence-corrected chi connectivity index (χ2v) is 5.59. The molecule has 0 N–H and O–H groups in total. The second kappa shape index (κ2) is 6.31. The molecule has 0 bridgehead atoms. The zero-order valence-corrected chi connectivity index (χ0v) is 12.0. The van der Waals surface area contributed by atoms with Gasteiger partial charge in [0.05, 0.1) is 0 Å². The van der Waals surface area contributed by atoms with Crippen LogP contribution in [0, 0.1) is 0 Å². The first-order valence-corrected chi connectivity index (χ1v) is 7.12. The smallest absolute Gasteiger partial charge is 0.169 e. The number of carbonyl (C=O) groups is 1. The van der Waals surface area contributed by atoms with Crippen LogP contribution in [-0.2, 0) is 22.4 Å². The lowest BCUT2D eigenvalue weighted by molar-refractivity contribution is -0.141. The number of hydrogen-bond acceptors (Lipinski definition) is 3. The van der Waals surface area contributed by atoms with Crippen molar-refractivity contribution in [1.82, 2.24) is 0 Å². The Hall–Kier alpha value is -0.670. The van der Waals surface area contributed by atoms with Gasteiger partial charge in [-0.1, -0.05) is 13.8 Å². The summed E-state index contributed by atoms with van der Waals surface area (Å²) in [5.41, 5.74) is -0.620. The molecule has 0 saturated carbocycles. The van der Waals surface area contributed by atoms with Crippen LogP contribution in [0.4, 0.5) is 0 Å². The fourth-order valence-corrected chi connectivity index (χ4v) is 2.71. The van der Waals surface area contributed by atoms with Gasteiger partial charge in [-0.05, 0) is 38.8 Å². The molecule has 96 valence electrons. The normalized spacial score (nSPS) is 14.6.